The van der Waals surface area contributed by atoms with E-state index in [0.29, 0.717) is 25.2 Å². The zero-order valence-electron chi connectivity index (χ0n) is 9.15. The van der Waals surface area contributed by atoms with Crippen molar-refractivity contribution in [2.24, 2.45) is 5.73 Å². The van der Waals surface area contributed by atoms with E-state index < -0.39 is 0 Å². The van der Waals surface area contributed by atoms with Crippen molar-refractivity contribution in [3.8, 4) is 6.01 Å². The normalized spacial score (nSPS) is 17.2. The van der Waals surface area contributed by atoms with Crippen molar-refractivity contribution >= 4 is 0 Å². The van der Waals surface area contributed by atoms with Gasteiger partial charge in [0.15, 0.2) is 0 Å². The van der Waals surface area contributed by atoms with E-state index in [0.717, 1.165) is 5.82 Å². The highest BCUT2D eigenvalue weighted by Gasteiger charge is 2.23. The van der Waals surface area contributed by atoms with Crippen LogP contribution in [0.2, 0.25) is 0 Å². The molecule has 0 saturated heterocycles. The number of ether oxygens (including phenoxy) is 1. The molecule has 1 saturated carbocycles. The molecule has 1 aliphatic carbocycles. The van der Waals surface area contributed by atoms with Crippen molar-refractivity contribution in [3.05, 3.63) is 5.82 Å². The first-order chi connectivity index (χ1) is 7.36. The van der Waals surface area contributed by atoms with E-state index in [1.165, 1.54) is 25.7 Å². The van der Waals surface area contributed by atoms with E-state index in [1.54, 1.807) is 0 Å². The Hall–Kier alpha value is -1.10. The van der Waals surface area contributed by atoms with Crippen molar-refractivity contribution in [1.82, 2.24) is 14.8 Å². The number of rotatable bonds is 4. The van der Waals surface area contributed by atoms with E-state index in [2.05, 4.69) is 14.8 Å². The lowest BCUT2D eigenvalue weighted by atomic mass is 10.2. The molecule has 0 aliphatic heterocycles. The van der Waals surface area contributed by atoms with Gasteiger partial charge >= 0.3 is 6.01 Å². The fraction of sp³-hybridized carbons (Fsp3) is 0.800. The summed E-state index contributed by atoms with van der Waals surface area (Å²) in [5.74, 6) is 0.838. The Bertz CT molecular complexity index is 317. The van der Waals surface area contributed by atoms with Crippen LogP contribution < -0.4 is 10.5 Å². The van der Waals surface area contributed by atoms with Crippen LogP contribution in [-0.2, 0) is 6.54 Å². The first-order valence-corrected chi connectivity index (χ1v) is 5.63. The number of hydrogen-bond acceptors (Lipinski definition) is 4. The fourth-order valence-electron chi connectivity index (χ4n) is 2.20. The summed E-state index contributed by atoms with van der Waals surface area (Å²) in [7, 11) is 0. The minimum absolute atomic E-state index is 0.427. The summed E-state index contributed by atoms with van der Waals surface area (Å²) in [6.45, 7) is 3.00. The Morgan fingerprint density at radius 2 is 2.13 bits per heavy atom. The quantitative estimate of drug-likeness (QED) is 0.812. The summed E-state index contributed by atoms with van der Waals surface area (Å²) >= 11 is 0. The van der Waals surface area contributed by atoms with E-state index >= 15 is 0 Å². The molecule has 0 radical (unpaired) electrons. The molecule has 1 aromatic heterocycles. The summed E-state index contributed by atoms with van der Waals surface area (Å²) in [5, 5.41) is 8.09. The molecule has 2 N–H and O–H groups in total. The smallest absolute Gasteiger partial charge is 0.317 e. The number of nitrogens with two attached hydrogens (primary N) is 1. The molecule has 84 valence electrons. The lowest BCUT2D eigenvalue weighted by molar-refractivity contribution is 0.281. The number of aromatic nitrogens is 3. The topological polar surface area (TPSA) is 66.0 Å². The van der Waals surface area contributed by atoms with E-state index in [9.17, 15) is 0 Å². The Balaban J connectivity index is 2.27. The zero-order valence-corrected chi connectivity index (χ0v) is 9.15. The first kappa shape index (κ1) is 10.4. The second kappa shape index (κ2) is 4.61. The van der Waals surface area contributed by atoms with Gasteiger partial charge in [0, 0.05) is 6.04 Å². The van der Waals surface area contributed by atoms with Crippen LogP contribution in [-0.4, -0.2) is 21.4 Å². The van der Waals surface area contributed by atoms with Gasteiger partial charge in [-0.2, -0.15) is 0 Å². The van der Waals surface area contributed by atoms with Crippen molar-refractivity contribution in [2.75, 3.05) is 6.61 Å². The second-order valence-electron chi connectivity index (χ2n) is 3.84. The van der Waals surface area contributed by atoms with Gasteiger partial charge in [-0.1, -0.05) is 17.9 Å². The summed E-state index contributed by atoms with van der Waals surface area (Å²) in [6, 6.07) is 1.12. The third kappa shape index (κ3) is 1.97. The zero-order chi connectivity index (χ0) is 10.7. The van der Waals surface area contributed by atoms with Crippen molar-refractivity contribution in [3.63, 3.8) is 0 Å². The molecule has 15 heavy (non-hydrogen) atoms. The van der Waals surface area contributed by atoms with Crippen LogP contribution in [0.15, 0.2) is 0 Å². The fourth-order valence-corrected chi connectivity index (χ4v) is 2.20. The SMILES string of the molecule is CCOc1nnc(CN)n1C1CCCC1. The van der Waals surface area contributed by atoms with Gasteiger partial charge in [0.25, 0.3) is 0 Å². The maximum absolute atomic E-state index is 5.65. The predicted octanol–water partition coefficient (Wildman–Crippen LogP) is 1.25. The molecule has 0 unspecified atom stereocenters. The van der Waals surface area contributed by atoms with Crippen LogP contribution in [0, 0.1) is 0 Å². The Labute approximate surface area is 89.6 Å². The Morgan fingerprint density at radius 3 is 2.73 bits per heavy atom. The summed E-state index contributed by atoms with van der Waals surface area (Å²) in [4.78, 5) is 0. The van der Waals surface area contributed by atoms with Crippen LogP contribution in [0.1, 0.15) is 44.5 Å². The van der Waals surface area contributed by atoms with Gasteiger partial charge in [0.1, 0.15) is 5.82 Å². The predicted molar refractivity (Wildman–Crippen MR) is 56.6 cm³/mol. The molecular weight excluding hydrogens is 192 g/mol. The van der Waals surface area contributed by atoms with Crippen molar-refractivity contribution < 1.29 is 4.74 Å². The van der Waals surface area contributed by atoms with Gasteiger partial charge in [0.2, 0.25) is 0 Å². The molecule has 1 aliphatic rings. The Morgan fingerprint density at radius 1 is 1.40 bits per heavy atom. The summed E-state index contributed by atoms with van der Waals surface area (Å²) < 4.78 is 7.55. The highest BCUT2D eigenvalue weighted by molar-refractivity contribution is 5.04. The second-order valence-corrected chi connectivity index (χ2v) is 3.84. The van der Waals surface area contributed by atoms with E-state index in [-0.39, 0.29) is 0 Å². The molecule has 5 nitrogen and oxygen atoms in total. The first-order valence-electron chi connectivity index (χ1n) is 5.63. The molecule has 2 rings (SSSR count). The molecule has 0 aromatic carbocycles. The van der Waals surface area contributed by atoms with Gasteiger partial charge < -0.3 is 10.5 Å². The van der Waals surface area contributed by atoms with Crippen molar-refractivity contribution in [1.29, 1.82) is 0 Å². The minimum Gasteiger partial charge on any atom is -0.464 e. The van der Waals surface area contributed by atoms with Gasteiger partial charge in [-0.3, -0.25) is 4.57 Å². The molecule has 1 fully saturated rings. The largest absolute Gasteiger partial charge is 0.464 e. The lowest BCUT2D eigenvalue weighted by Gasteiger charge is -2.15. The molecule has 0 spiro atoms. The lowest BCUT2D eigenvalue weighted by Crippen LogP contribution is -2.14. The third-order valence-corrected chi connectivity index (χ3v) is 2.88. The standard InChI is InChI=1S/C10H18N4O/c1-2-15-10-13-12-9(7-11)14(10)8-5-3-4-6-8/h8H,2-7,11H2,1H3. The summed E-state index contributed by atoms with van der Waals surface area (Å²) in [6.07, 6.45) is 4.92. The molecule has 5 heteroatoms. The third-order valence-electron chi connectivity index (χ3n) is 2.88. The molecule has 0 atom stereocenters. The van der Waals surface area contributed by atoms with Gasteiger partial charge in [0.05, 0.1) is 13.2 Å². The monoisotopic (exact) mass is 210 g/mol. The van der Waals surface area contributed by atoms with E-state index in [4.69, 9.17) is 10.5 Å². The van der Waals surface area contributed by atoms with Crippen LogP contribution in [0.4, 0.5) is 0 Å². The molecular formula is C10H18N4O. The highest BCUT2D eigenvalue weighted by atomic mass is 16.5. The number of nitrogens with zero attached hydrogens (tertiary/aromatic N) is 3. The molecule has 0 bridgehead atoms. The van der Waals surface area contributed by atoms with Crippen LogP contribution >= 0.6 is 0 Å². The maximum atomic E-state index is 5.65. The van der Waals surface area contributed by atoms with Gasteiger partial charge in [-0.05, 0) is 19.8 Å². The summed E-state index contributed by atoms with van der Waals surface area (Å²) in [5.41, 5.74) is 5.65. The average molecular weight is 210 g/mol. The molecule has 1 aromatic rings. The maximum Gasteiger partial charge on any atom is 0.317 e. The van der Waals surface area contributed by atoms with Gasteiger partial charge in [-0.15, -0.1) is 5.10 Å². The van der Waals surface area contributed by atoms with Gasteiger partial charge in [-0.25, -0.2) is 0 Å². The Kier molecular flexibility index (Phi) is 3.20. The van der Waals surface area contributed by atoms with E-state index in [1.807, 2.05) is 6.92 Å². The molecule has 0 amide bonds. The highest BCUT2D eigenvalue weighted by Crippen LogP contribution is 2.33. The van der Waals surface area contributed by atoms with Crippen LogP contribution in [0.5, 0.6) is 6.01 Å². The van der Waals surface area contributed by atoms with Crippen LogP contribution in [0.3, 0.4) is 0 Å². The average Bonchev–Trinajstić information content (AvgIpc) is 2.85. The minimum atomic E-state index is 0.427. The van der Waals surface area contributed by atoms with Crippen LogP contribution in [0.25, 0.3) is 0 Å². The number of hydrogen-bond donors (Lipinski definition) is 1. The molecule has 1 heterocycles. The van der Waals surface area contributed by atoms with Crippen molar-refractivity contribution in [2.45, 2.75) is 45.2 Å².